The molecule has 4 aliphatic carbocycles. The lowest BCUT2D eigenvalue weighted by atomic mass is 9.48. The largest absolute Gasteiger partial charge is 0.444 e. The van der Waals surface area contributed by atoms with Crippen molar-refractivity contribution in [2.45, 2.75) is 67.8 Å². The van der Waals surface area contributed by atoms with E-state index in [4.69, 9.17) is 14.0 Å². The fourth-order valence-electron chi connectivity index (χ4n) is 5.71. The Morgan fingerprint density at radius 1 is 1.13 bits per heavy atom. The SMILES string of the molecule is O=C(OC(C(F)(F)F)C(F)(F)S(=O)(=O)O)C12CC3CC(CC(OCC4CO4)(C3)C1)C2. The topological polar surface area (TPSA) is 102 Å². The van der Waals surface area contributed by atoms with Gasteiger partial charge < -0.3 is 14.2 Å². The van der Waals surface area contributed by atoms with Gasteiger partial charge >= 0.3 is 27.5 Å². The molecular formula is C17H21F5O7S. The van der Waals surface area contributed by atoms with Gasteiger partial charge in [0.2, 0.25) is 0 Å². The van der Waals surface area contributed by atoms with E-state index in [0.29, 0.717) is 19.4 Å². The number of carbonyl (C=O) groups is 1. The maximum atomic E-state index is 13.8. The molecule has 1 aliphatic heterocycles. The molecule has 1 N–H and O–H groups in total. The number of carbonyl (C=O) groups excluding carboxylic acids is 1. The van der Waals surface area contributed by atoms with Gasteiger partial charge in [-0.25, -0.2) is 0 Å². The molecule has 4 bridgehead atoms. The van der Waals surface area contributed by atoms with Crippen LogP contribution in [0.25, 0.3) is 0 Å². The molecule has 0 spiro atoms. The number of alkyl halides is 5. The van der Waals surface area contributed by atoms with Gasteiger partial charge in [0.1, 0.15) is 6.10 Å². The minimum Gasteiger partial charge on any atom is -0.444 e. The average molecular weight is 464 g/mol. The van der Waals surface area contributed by atoms with Gasteiger partial charge in [-0.3, -0.25) is 9.35 Å². The Kier molecular flexibility index (Phi) is 4.96. The van der Waals surface area contributed by atoms with Gasteiger partial charge in [-0.05, 0) is 50.4 Å². The first-order valence-electron chi connectivity index (χ1n) is 9.54. The van der Waals surface area contributed by atoms with Crippen molar-refractivity contribution in [3.05, 3.63) is 0 Å². The lowest BCUT2D eigenvalue weighted by Crippen LogP contribution is -2.61. The molecule has 4 unspecified atom stereocenters. The zero-order valence-electron chi connectivity index (χ0n) is 15.7. The molecule has 7 nitrogen and oxygen atoms in total. The first-order chi connectivity index (χ1) is 13.7. The Balaban J connectivity index is 1.58. The Bertz CT molecular complexity index is 809. The zero-order chi connectivity index (χ0) is 22.2. The van der Waals surface area contributed by atoms with E-state index in [2.05, 4.69) is 4.74 Å². The average Bonchev–Trinajstić information content (AvgIpc) is 3.38. The molecule has 0 aromatic carbocycles. The van der Waals surface area contributed by atoms with E-state index < -0.39 is 44.6 Å². The molecule has 0 aromatic rings. The molecule has 0 aromatic heterocycles. The Morgan fingerprint density at radius 3 is 2.17 bits per heavy atom. The minimum atomic E-state index is -6.48. The number of ether oxygens (including phenoxy) is 3. The van der Waals surface area contributed by atoms with Crippen molar-refractivity contribution >= 4 is 16.1 Å². The van der Waals surface area contributed by atoms with Crippen molar-refractivity contribution in [2.24, 2.45) is 17.3 Å². The van der Waals surface area contributed by atoms with Crippen LogP contribution in [0.2, 0.25) is 0 Å². The van der Waals surface area contributed by atoms with Crippen LogP contribution in [0.1, 0.15) is 38.5 Å². The second kappa shape index (κ2) is 6.72. The van der Waals surface area contributed by atoms with Crippen molar-refractivity contribution in [1.82, 2.24) is 0 Å². The summed E-state index contributed by atoms with van der Waals surface area (Å²) in [6.07, 6.45) is -7.98. The fraction of sp³-hybridized carbons (Fsp3) is 0.941. The zero-order valence-corrected chi connectivity index (χ0v) is 16.5. The fourth-order valence-corrected chi connectivity index (χ4v) is 6.17. The standard InChI is InChI=1S/C17H21F5O7S/c18-16(19,20)12(17(21,22)30(24,25)26)29-13(23)14-2-9-1-10(3-14)5-15(4-9,8-14)28-7-11-6-27-11/h9-12H,1-8H2,(H,24,25,26). The molecule has 1 saturated heterocycles. The Hall–Kier alpha value is -1.05. The lowest BCUT2D eigenvalue weighted by molar-refractivity contribution is -0.270. The number of rotatable bonds is 7. The maximum Gasteiger partial charge on any atom is 0.432 e. The van der Waals surface area contributed by atoms with E-state index >= 15 is 0 Å². The second-order valence-corrected chi connectivity index (χ2v) is 10.5. The van der Waals surface area contributed by atoms with Crippen molar-refractivity contribution in [3.8, 4) is 0 Å². The highest BCUT2D eigenvalue weighted by atomic mass is 32.2. The summed E-state index contributed by atoms with van der Waals surface area (Å²) in [7, 11) is -6.48. The van der Waals surface area contributed by atoms with Crippen molar-refractivity contribution in [1.29, 1.82) is 0 Å². The van der Waals surface area contributed by atoms with Crippen LogP contribution in [-0.2, 0) is 29.1 Å². The highest BCUT2D eigenvalue weighted by molar-refractivity contribution is 7.86. The van der Waals surface area contributed by atoms with Crippen LogP contribution in [0.4, 0.5) is 22.0 Å². The molecule has 5 fully saturated rings. The third kappa shape index (κ3) is 3.82. The summed E-state index contributed by atoms with van der Waals surface area (Å²) in [5.41, 5.74) is -2.23. The van der Waals surface area contributed by atoms with Crippen LogP contribution < -0.4 is 0 Å². The normalized spacial score (nSPS) is 39.1. The molecule has 4 saturated carbocycles. The first-order valence-corrected chi connectivity index (χ1v) is 11.0. The number of hydrogen-bond donors (Lipinski definition) is 1. The highest BCUT2D eigenvalue weighted by Crippen LogP contribution is 2.63. The number of esters is 1. The molecule has 5 aliphatic rings. The predicted molar refractivity (Wildman–Crippen MR) is 88.0 cm³/mol. The van der Waals surface area contributed by atoms with Crippen LogP contribution >= 0.6 is 0 Å². The monoisotopic (exact) mass is 464 g/mol. The van der Waals surface area contributed by atoms with E-state index in [9.17, 15) is 35.2 Å². The Morgan fingerprint density at radius 2 is 1.70 bits per heavy atom. The van der Waals surface area contributed by atoms with Gasteiger partial charge in [-0.2, -0.15) is 30.4 Å². The summed E-state index contributed by atoms with van der Waals surface area (Å²) in [6.45, 7) is 0.810. The summed E-state index contributed by atoms with van der Waals surface area (Å²) in [5.74, 6) is -1.60. The maximum absolute atomic E-state index is 13.8. The smallest absolute Gasteiger partial charge is 0.432 e. The second-order valence-electron chi connectivity index (χ2n) is 9.05. The summed E-state index contributed by atoms with van der Waals surface area (Å²) < 4.78 is 113. The van der Waals surface area contributed by atoms with Gasteiger partial charge in [0, 0.05) is 0 Å². The number of epoxide rings is 1. The van der Waals surface area contributed by atoms with Gasteiger partial charge in [0.25, 0.3) is 6.10 Å². The van der Waals surface area contributed by atoms with E-state index in [1.165, 1.54) is 0 Å². The summed E-state index contributed by atoms with van der Waals surface area (Å²) in [4.78, 5) is 12.8. The van der Waals surface area contributed by atoms with Crippen LogP contribution in [0.5, 0.6) is 0 Å². The van der Waals surface area contributed by atoms with E-state index in [1.807, 2.05) is 0 Å². The van der Waals surface area contributed by atoms with Gasteiger partial charge in [0.15, 0.2) is 0 Å². The van der Waals surface area contributed by atoms with E-state index in [1.54, 1.807) is 0 Å². The summed E-state index contributed by atoms with van der Waals surface area (Å²) in [6, 6.07) is 0. The number of halogens is 5. The molecule has 0 radical (unpaired) electrons. The molecular weight excluding hydrogens is 443 g/mol. The van der Waals surface area contributed by atoms with Gasteiger partial charge in [0.05, 0.1) is 24.2 Å². The third-order valence-electron chi connectivity index (χ3n) is 6.59. The van der Waals surface area contributed by atoms with Gasteiger partial charge in [-0.1, -0.05) is 0 Å². The van der Waals surface area contributed by atoms with E-state index in [-0.39, 0.29) is 43.8 Å². The summed E-state index contributed by atoms with van der Waals surface area (Å²) in [5, 5.41) is -5.74. The minimum absolute atomic E-state index is 0.0145. The van der Waals surface area contributed by atoms with Crippen LogP contribution in [0, 0.1) is 17.3 Å². The lowest BCUT2D eigenvalue weighted by Gasteiger charge is -2.60. The molecule has 5 rings (SSSR count). The number of hydrogen-bond acceptors (Lipinski definition) is 6. The molecule has 172 valence electrons. The molecule has 13 heteroatoms. The van der Waals surface area contributed by atoms with E-state index in [0.717, 1.165) is 6.42 Å². The first kappa shape index (κ1) is 22.2. The van der Waals surface area contributed by atoms with Crippen LogP contribution in [0.15, 0.2) is 0 Å². The molecule has 4 atom stereocenters. The highest BCUT2D eigenvalue weighted by Gasteiger charge is 2.68. The predicted octanol–water partition coefficient (Wildman–Crippen LogP) is 2.70. The summed E-state index contributed by atoms with van der Waals surface area (Å²) >= 11 is 0. The van der Waals surface area contributed by atoms with Crippen LogP contribution in [-0.4, -0.2) is 61.4 Å². The van der Waals surface area contributed by atoms with Crippen molar-refractivity contribution < 1.29 is 53.9 Å². The van der Waals surface area contributed by atoms with Gasteiger partial charge in [-0.15, -0.1) is 0 Å². The molecule has 30 heavy (non-hydrogen) atoms. The quantitative estimate of drug-likeness (QED) is 0.268. The van der Waals surface area contributed by atoms with Crippen LogP contribution in [0.3, 0.4) is 0 Å². The Labute approximate surface area is 169 Å². The molecule has 0 amide bonds. The molecule has 1 heterocycles. The van der Waals surface area contributed by atoms with Crippen molar-refractivity contribution in [2.75, 3.05) is 13.2 Å². The third-order valence-corrected chi connectivity index (χ3v) is 7.49. The van der Waals surface area contributed by atoms with Crippen molar-refractivity contribution in [3.63, 3.8) is 0 Å².